The van der Waals surface area contributed by atoms with Gasteiger partial charge < -0.3 is 10.2 Å². The third-order valence-corrected chi connectivity index (χ3v) is 3.97. The average molecular weight is 283 g/mol. The molecule has 0 saturated carbocycles. The van der Waals surface area contributed by atoms with Crippen LogP contribution in [0.3, 0.4) is 0 Å². The summed E-state index contributed by atoms with van der Waals surface area (Å²) >= 11 is 6.14. The normalized spacial score (nSPS) is 12.9. The Morgan fingerprint density at radius 1 is 1.21 bits per heavy atom. The fourth-order valence-electron chi connectivity index (χ4n) is 2.19. The molecule has 0 bridgehead atoms. The largest absolute Gasteiger partial charge is 0.310 e. The first-order chi connectivity index (χ1) is 9.17. The van der Waals surface area contributed by atoms with Crippen molar-refractivity contribution in [2.45, 2.75) is 46.2 Å². The lowest BCUT2D eigenvalue weighted by molar-refractivity contribution is 0.290. The standard InChI is InChI=1S/C16H27ClN2/c1-4-19(5-2)12-8-9-14(3)18-13-15-10-6-7-11-16(15)17/h6-7,10-11,14,18H,4-5,8-9,12-13H2,1-3H3. The van der Waals surface area contributed by atoms with E-state index in [-0.39, 0.29) is 0 Å². The third-order valence-electron chi connectivity index (χ3n) is 3.60. The maximum Gasteiger partial charge on any atom is 0.0450 e. The Bertz CT molecular complexity index is 350. The van der Waals surface area contributed by atoms with Crippen LogP contribution in [0, 0.1) is 0 Å². The molecular formula is C16H27ClN2. The van der Waals surface area contributed by atoms with Gasteiger partial charge in [-0.3, -0.25) is 0 Å². The second kappa shape index (κ2) is 9.35. The topological polar surface area (TPSA) is 15.3 Å². The van der Waals surface area contributed by atoms with E-state index in [4.69, 9.17) is 11.6 Å². The molecule has 1 unspecified atom stereocenters. The van der Waals surface area contributed by atoms with Gasteiger partial charge in [0.1, 0.15) is 0 Å². The van der Waals surface area contributed by atoms with Crippen LogP contribution in [0.25, 0.3) is 0 Å². The van der Waals surface area contributed by atoms with E-state index in [0.717, 1.165) is 24.7 Å². The fraction of sp³-hybridized carbons (Fsp3) is 0.625. The van der Waals surface area contributed by atoms with Gasteiger partial charge in [0.25, 0.3) is 0 Å². The predicted molar refractivity (Wildman–Crippen MR) is 84.8 cm³/mol. The van der Waals surface area contributed by atoms with Gasteiger partial charge in [-0.2, -0.15) is 0 Å². The number of hydrogen-bond donors (Lipinski definition) is 1. The van der Waals surface area contributed by atoms with Crippen LogP contribution in [0.5, 0.6) is 0 Å². The first kappa shape index (κ1) is 16.5. The molecule has 0 aliphatic carbocycles. The molecule has 1 aromatic carbocycles. The molecule has 108 valence electrons. The number of halogens is 1. The first-order valence-corrected chi connectivity index (χ1v) is 7.74. The van der Waals surface area contributed by atoms with Crippen molar-refractivity contribution in [3.05, 3.63) is 34.9 Å². The molecule has 0 fully saturated rings. The lowest BCUT2D eigenvalue weighted by Crippen LogP contribution is -2.28. The molecule has 0 radical (unpaired) electrons. The van der Waals surface area contributed by atoms with E-state index >= 15 is 0 Å². The Morgan fingerprint density at radius 2 is 1.89 bits per heavy atom. The summed E-state index contributed by atoms with van der Waals surface area (Å²) in [4.78, 5) is 2.47. The molecule has 19 heavy (non-hydrogen) atoms. The van der Waals surface area contributed by atoms with Crippen LogP contribution in [0.4, 0.5) is 0 Å². The van der Waals surface area contributed by atoms with E-state index in [1.54, 1.807) is 0 Å². The predicted octanol–water partition coefficient (Wildman–Crippen LogP) is 3.94. The van der Waals surface area contributed by atoms with E-state index < -0.39 is 0 Å². The molecule has 0 saturated heterocycles. The Balaban J connectivity index is 2.21. The van der Waals surface area contributed by atoms with Gasteiger partial charge in [-0.25, -0.2) is 0 Å². The molecule has 0 amide bonds. The van der Waals surface area contributed by atoms with Crippen molar-refractivity contribution in [1.82, 2.24) is 10.2 Å². The Labute approximate surface area is 123 Å². The molecule has 1 atom stereocenters. The minimum atomic E-state index is 0.534. The Kier molecular flexibility index (Phi) is 8.11. The maximum absolute atomic E-state index is 6.14. The van der Waals surface area contributed by atoms with Crippen LogP contribution in [0.15, 0.2) is 24.3 Å². The molecule has 1 N–H and O–H groups in total. The maximum atomic E-state index is 6.14. The van der Waals surface area contributed by atoms with Gasteiger partial charge in [-0.05, 0) is 51.0 Å². The zero-order chi connectivity index (χ0) is 14.1. The first-order valence-electron chi connectivity index (χ1n) is 7.36. The molecule has 0 aromatic heterocycles. The number of nitrogens with zero attached hydrogens (tertiary/aromatic N) is 1. The van der Waals surface area contributed by atoms with E-state index in [1.807, 2.05) is 18.2 Å². The zero-order valence-electron chi connectivity index (χ0n) is 12.5. The second-order valence-corrected chi connectivity index (χ2v) is 5.45. The molecule has 0 heterocycles. The SMILES string of the molecule is CCN(CC)CCCC(C)NCc1ccccc1Cl. The summed E-state index contributed by atoms with van der Waals surface area (Å²) in [6.45, 7) is 11.1. The monoisotopic (exact) mass is 282 g/mol. The fourth-order valence-corrected chi connectivity index (χ4v) is 2.39. The van der Waals surface area contributed by atoms with Crippen molar-refractivity contribution in [2.24, 2.45) is 0 Å². The molecule has 0 spiro atoms. The van der Waals surface area contributed by atoms with Gasteiger partial charge in [0, 0.05) is 17.6 Å². The number of benzene rings is 1. The quantitative estimate of drug-likeness (QED) is 0.738. The molecule has 3 heteroatoms. The van der Waals surface area contributed by atoms with Gasteiger partial charge in [0.05, 0.1) is 0 Å². The lowest BCUT2D eigenvalue weighted by Gasteiger charge is -2.20. The van der Waals surface area contributed by atoms with Crippen molar-refractivity contribution in [2.75, 3.05) is 19.6 Å². The second-order valence-electron chi connectivity index (χ2n) is 5.04. The smallest absolute Gasteiger partial charge is 0.0450 e. The van der Waals surface area contributed by atoms with Crippen LogP contribution >= 0.6 is 11.6 Å². The van der Waals surface area contributed by atoms with Crippen LogP contribution in [-0.4, -0.2) is 30.6 Å². The molecule has 1 aromatic rings. The summed E-state index contributed by atoms with van der Waals surface area (Å²) in [7, 11) is 0. The highest BCUT2D eigenvalue weighted by molar-refractivity contribution is 6.31. The number of hydrogen-bond acceptors (Lipinski definition) is 2. The summed E-state index contributed by atoms with van der Waals surface area (Å²) in [5.41, 5.74) is 1.18. The summed E-state index contributed by atoms with van der Waals surface area (Å²) < 4.78 is 0. The van der Waals surface area contributed by atoms with Crippen molar-refractivity contribution in [3.63, 3.8) is 0 Å². The van der Waals surface area contributed by atoms with Gasteiger partial charge >= 0.3 is 0 Å². The highest BCUT2D eigenvalue weighted by Gasteiger charge is 2.05. The van der Waals surface area contributed by atoms with Crippen LogP contribution in [0.1, 0.15) is 39.2 Å². The van der Waals surface area contributed by atoms with Gasteiger partial charge in [-0.15, -0.1) is 0 Å². The highest BCUT2D eigenvalue weighted by atomic mass is 35.5. The van der Waals surface area contributed by atoms with Gasteiger partial charge in [0.2, 0.25) is 0 Å². The molecule has 2 nitrogen and oxygen atoms in total. The summed E-state index contributed by atoms with van der Waals surface area (Å²) in [6.07, 6.45) is 2.46. The van der Waals surface area contributed by atoms with Crippen LogP contribution < -0.4 is 5.32 Å². The number of nitrogens with one attached hydrogen (secondary N) is 1. The highest BCUT2D eigenvalue weighted by Crippen LogP contribution is 2.14. The summed E-state index contributed by atoms with van der Waals surface area (Å²) in [5.74, 6) is 0. The van der Waals surface area contributed by atoms with Crippen molar-refractivity contribution in [1.29, 1.82) is 0 Å². The van der Waals surface area contributed by atoms with Gasteiger partial charge in [-0.1, -0.05) is 43.6 Å². The Morgan fingerprint density at radius 3 is 2.53 bits per heavy atom. The van der Waals surface area contributed by atoms with E-state index in [2.05, 4.69) is 37.1 Å². The van der Waals surface area contributed by atoms with E-state index in [9.17, 15) is 0 Å². The van der Waals surface area contributed by atoms with E-state index in [0.29, 0.717) is 6.04 Å². The number of rotatable bonds is 9. The minimum absolute atomic E-state index is 0.534. The van der Waals surface area contributed by atoms with Crippen LogP contribution in [-0.2, 0) is 6.54 Å². The molecule has 0 aliphatic rings. The Hall–Kier alpha value is -0.570. The summed E-state index contributed by atoms with van der Waals surface area (Å²) in [6, 6.07) is 8.57. The molecule has 0 aliphatic heterocycles. The molecular weight excluding hydrogens is 256 g/mol. The van der Waals surface area contributed by atoms with Crippen molar-refractivity contribution >= 4 is 11.6 Å². The van der Waals surface area contributed by atoms with Gasteiger partial charge in [0.15, 0.2) is 0 Å². The zero-order valence-corrected chi connectivity index (χ0v) is 13.2. The van der Waals surface area contributed by atoms with Crippen molar-refractivity contribution < 1.29 is 0 Å². The minimum Gasteiger partial charge on any atom is -0.310 e. The van der Waals surface area contributed by atoms with E-state index in [1.165, 1.54) is 24.9 Å². The third kappa shape index (κ3) is 6.42. The molecule has 1 rings (SSSR count). The summed E-state index contributed by atoms with van der Waals surface area (Å²) in [5, 5.41) is 4.40. The lowest BCUT2D eigenvalue weighted by atomic mass is 10.1. The van der Waals surface area contributed by atoms with Crippen molar-refractivity contribution in [3.8, 4) is 0 Å². The van der Waals surface area contributed by atoms with Crippen LogP contribution in [0.2, 0.25) is 5.02 Å². The average Bonchev–Trinajstić information content (AvgIpc) is 2.43.